The van der Waals surface area contributed by atoms with Crippen LogP contribution in [-0.4, -0.2) is 53.9 Å². The molecule has 1 fully saturated rings. The summed E-state index contributed by atoms with van der Waals surface area (Å²) < 4.78 is 10.9. The van der Waals surface area contributed by atoms with E-state index >= 15 is 0 Å². The quantitative estimate of drug-likeness (QED) is 0.822. The second kappa shape index (κ2) is 7.83. The SMILES string of the molecule is Cc1cc(Cl)ccc1O[C@H](C)C(=O)N1CCN(C(=O)c2ccco2)CC1. The van der Waals surface area contributed by atoms with Crippen molar-refractivity contribution < 1.29 is 18.7 Å². The number of carbonyl (C=O) groups excluding carboxylic acids is 2. The number of benzene rings is 1. The Morgan fingerprint density at radius 1 is 1.15 bits per heavy atom. The third kappa shape index (κ3) is 4.02. The van der Waals surface area contributed by atoms with Crippen LogP contribution in [0, 0.1) is 6.92 Å². The molecular formula is C19H21ClN2O4. The lowest BCUT2D eigenvalue weighted by atomic mass is 10.2. The summed E-state index contributed by atoms with van der Waals surface area (Å²) in [6.45, 7) is 5.50. The lowest BCUT2D eigenvalue weighted by Crippen LogP contribution is -2.53. The van der Waals surface area contributed by atoms with Gasteiger partial charge in [-0.25, -0.2) is 0 Å². The number of piperazine rings is 1. The Hall–Kier alpha value is -2.47. The molecule has 1 aliphatic heterocycles. The highest BCUT2D eigenvalue weighted by molar-refractivity contribution is 6.30. The summed E-state index contributed by atoms with van der Waals surface area (Å²) in [5.74, 6) is 0.717. The number of aryl methyl sites for hydroxylation is 1. The minimum Gasteiger partial charge on any atom is -0.481 e. The summed E-state index contributed by atoms with van der Waals surface area (Å²) in [5, 5.41) is 0.631. The molecule has 0 bridgehead atoms. The van der Waals surface area contributed by atoms with Crippen LogP contribution in [0.1, 0.15) is 23.0 Å². The van der Waals surface area contributed by atoms with Crippen LogP contribution in [0.3, 0.4) is 0 Å². The van der Waals surface area contributed by atoms with Gasteiger partial charge in [0.2, 0.25) is 0 Å². The van der Waals surface area contributed by atoms with Gasteiger partial charge in [-0.2, -0.15) is 0 Å². The average molecular weight is 377 g/mol. The van der Waals surface area contributed by atoms with Crippen LogP contribution < -0.4 is 4.74 Å². The minimum atomic E-state index is -0.609. The molecule has 1 aromatic heterocycles. The molecule has 0 radical (unpaired) electrons. The van der Waals surface area contributed by atoms with Gasteiger partial charge in [-0.1, -0.05) is 11.6 Å². The molecule has 3 rings (SSSR count). The standard InChI is InChI=1S/C19H21ClN2O4/c1-13-12-15(20)5-6-16(13)26-14(2)18(23)21-7-9-22(10-8-21)19(24)17-4-3-11-25-17/h3-6,11-12,14H,7-10H2,1-2H3/t14-/m1/s1. The smallest absolute Gasteiger partial charge is 0.289 e. The van der Waals surface area contributed by atoms with E-state index in [9.17, 15) is 9.59 Å². The maximum atomic E-state index is 12.6. The van der Waals surface area contributed by atoms with Gasteiger partial charge in [0, 0.05) is 31.2 Å². The first-order valence-electron chi connectivity index (χ1n) is 8.50. The van der Waals surface area contributed by atoms with Gasteiger partial charge in [0.05, 0.1) is 6.26 Å². The summed E-state index contributed by atoms with van der Waals surface area (Å²) in [4.78, 5) is 28.3. The Balaban J connectivity index is 1.55. The molecular weight excluding hydrogens is 356 g/mol. The molecule has 1 aromatic carbocycles. The third-order valence-corrected chi connectivity index (χ3v) is 4.63. The topological polar surface area (TPSA) is 63.0 Å². The first-order valence-corrected chi connectivity index (χ1v) is 8.88. The molecule has 2 amide bonds. The number of ether oxygens (including phenoxy) is 1. The van der Waals surface area contributed by atoms with Gasteiger partial charge in [-0.15, -0.1) is 0 Å². The summed E-state index contributed by atoms with van der Waals surface area (Å²) in [6, 6.07) is 8.63. The van der Waals surface area contributed by atoms with E-state index in [1.807, 2.05) is 6.92 Å². The first-order chi connectivity index (χ1) is 12.5. The zero-order valence-electron chi connectivity index (χ0n) is 14.8. The lowest BCUT2D eigenvalue weighted by Gasteiger charge is -2.35. The highest BCUT2D eigenvalue weighted by Gasteiger charge is 2.29. The molecule has 1 saturated heterocycles. The van der Waals surface area contributed by atoms with Crippen molar-refractivity contribution in [3.8, 4) is 5.75 Å². The Bertz CT molecular complexity index is 783. The monoisotopic (exact) mass is 376 g/mol. The Morgan fingerprint density at radius 2 is 1.85 bits per heavy atom. The van der Waals surface area contributed by atoms with Crippen molar-refractivity contribution in [1.29, 1.82) is 0 Å². The third-order valence-electron chi connectivity index (χ3n) is 4.40. The molecule has 2 heterocycles. The highest BCUT2D eigenvalue weighted by atomic mass is 35.5. The normalized spacial score (nSPS) is 15.7. The maximum absolute atomic E-state index is 12.6. The van der Waals surface area contributed by atoms with Crippen LogP contribution in [0.25, 0.3) is 0 Å². The first kappa shape index (κ1) is 18.3. The molecule has 2 aromatic rings. The van der Waals surface area contributed by atoms with E-state index in [1.165, 1.54) is 6.26 Å². The van der Waals surface area contributed by atoms with Gasteiger partial charge in [-0.05, 0) is 49.7 Å². The van der Waals surface area contributed by atoms with Crippen molar-refractivity contribution in [3.63, 3.8) is 0 Å². The average Bonchev–Trinajstić information content (AvgIpc) is 3.17. The molecule has 0 aliphatic carbocycles. The van der Waals surface area contributed by atoms with E-state index in [0.29, 0.717) is 42.7 Å². The summed E-state index contributed by atoms with van der Waals surface area (Å²) in [5.41, 5.74) is 0.881. The predicted octanol–water partition coefficient (Wildman–Crippen LogP) is 2.99. The molecule has 1 atom stereocenters. The van der Waals surface area contributed by atoms with Gasteiger partial charge in [0.1, 0.15) is 5.75 Å². The summed E-state index contributed by atoms with van der Waals surface area (Å²) in [7, 11) is 0. The highest BCUT2D eigenvalue weighted by Crippen LogP contribution is 2.23. The fourth-order valence-electron chi connectivity index (χ4n) is 2.93. The van der Waals surface area contributed by atoms with Crippen LogP contribution in [0.4, 0.5) is 0 Å². The number of hydrogen-bond acceptors (Lipinski definition) is 4. The van der Waals surface area contributed by atoms with Gasteiger partial charge >= 0.3 is 0 Å². The van der Waals surface area contributed by atoms with Crippen LogP contribution in [0.15, 0.2) is 41.0 Å². The van der Waals surface area contributed by atoms with Crippen LogP contribution in [0.2, 0.25) is 5.02 Å². The second-order valence-electron chi connectivity index (χ2n) is 6.26. The molecule has 138 valence electrons. The molecule has 7 heteroatoms. The van der Waals surface area contributed by atoms with Gasteiger partial charge < -0.3 is 19.0 Å². The second-order valence-corrected chi connectivity index (χ2v) is 6.70. The summed E-state index contributed by atoms with van der Waals surface area (Å²) >= 11 is 5.94. The number of hydrogen-bond donors (Lipinski definition) is 0. The van der Waals surface area contributed by atoms with Gasteiger partial charge in [0.15, 0.2) is 11.9 Å². The van der Waals surface area contributed by atoms with Crippen LogP contribution >= 0.6 is 11.6 Å². The zero-order chi connectivity index (χ0) is 18.7. The van der Waals surface area contributed by atoms with E-state index in [0.717, 1.165) is 5.56 Å². The van der Waals surface area contributed by atoms with E-state index in [2.05, 4.69) is 0 Å². The maximum Gasteiger partial charge on any atom is 0.289 e. The van der Waals surface area contributed by atoms with Gasteiger partial charge in [0.25, 0.3) is 11.8 Å². The Morgan fingerprint density at radius 3 is 2.46 bits per heavy atom. The predicted molar refractivity (Wildman–Crippen MR) is 97.5 cm³/mol. The zero-order valence-corrected chi connectivity index (χ0v) is 15.5. The Labute approximate surface area is 157 Å². The lowest BCUT2D eigenvalue weighted by molar-refractivity contribution is -0.139. The molecule has 26 heavy (non-hydrogen) atoms. The van der Waals surface area contributed by atoms with Crippen molar-refractivity contribution >= 4 is 23.4 Å². The van der Waals surface area contributed by atoms with Crippen molar-refractivity contribution in [2.45, 2.75) is 20.0 Å². The largest absolute Gasteiger partial charge is 0.481 e. The fourth-order valence-corrected chi connectivity index (χ4v) is 3.16. The molecule has 1 aliphatic rings. The van der Waals surface area contributed by atoms with Crippen LogP contribution in [-0.2, 0) is 4.79 Å². The Kier molecular flexibility index (Phi) is 5.52. The number of amides is 2. The van der Waals surface area contributed by atoms with Crippen molar-refractivity contribution in [3.05, 3.63) is 52.9 Å². The molecule has 0 spiro atoms. The number of nitrogens with zero attached hydrogens (tertiary/aromatic N) is 2. The van der Waals surface area contributed by atoms with Crippen molar-refractivity contribution in [1.82, 2.24) is 9.80 Å². The number of halogens is 1. The van der Waals surface area contributed by atoms with E-state index < -0.39 is 6.10 Å². The van der Waals surface area contributed by atoms with E-state index in [1.54, 1.807) is 47.1 Å². The van der Waals surface area contributed by atoms with E-state index in [4.69, 9.17) is 20.8 Å². The molecule has 0 N–H and O–H groups in total. The molecule has 6 nitrogen and oxygen atoms in total. The molecule has 0 saturated carbocycles. The number of rotatable bonds is 4. The fraction of sp³-hybridized carbons (Fsp3) is 0.368. The number of furan rings is 1. The molecule has 0 unspecified atom stereocenters. The summed E-state index contributed by atoms with van der Waals surface area (Å²) in [6.07, 6.45) is 0.868. The van der Waals surface area contributed by atoms with Crippen LogP contribution in [0.5, 0.6) is 5.75 Å². The van der Waals surface area contributed by atoms with Crippen molar-refractivity contribution in [2.75, 3.05) is 26.2 Å². The minimum absolute atomic E-state index is 0.0931. The number of carbonyl (C=O) groups is 2. The van der Waals surface area contributed by atoms with E-state index in [-0.39, 0.29) is 11.8 Å². The van der Waals surface area contributed by atoms with Crippen molar-refractivity contribution in [2.24, 2.45) is 0 Å². The van der Waals surface area contributed by atoms with Gasteiger partial charge in [-0.3, -0.25) is 9.59 Å².